The van der Waals surface area contributed by atoms with Gasteiger partial charge < -0.3 is 20.4 Å². The minimum Gasteiger partial charge on any atom is -0.356 e. The summed E-state index contributed by atoms with van der Waals surface area (Å²) < 4.78 is 14.1. The van der Waals surface area contributed by atoms with Crippen LogP contribution in [0.1, 0.15) is 34.3 Å². The Morgan fingerprint density at radius 3 is 2.69 bits per heavy atom. The van der Waals surface area contributed by atoms with Crippen molar-refractivity contribution in [2.45, 2.75) is 25.8 Å². The molecule has 3 heterocycles. The summed E-state index contributed by atoms with van der Waals surface area (Å²) in [7, 11) is 0. The van der Waals surface area contributed by atoms with Gasteiger partial charge in [0.2, 0.25) is 5.91 Å². The molecule has 0 spiro atoms. The van der Waals surface area contributed by atoms with Crippen molar-refractivity contribution >= 4 is 46.6 Å². The van der Waals surface area contributed by atoms with Crippen LogP contribution < -0.4 is 15.5 Å². The predicted octanol–water partition coefficient (Wildman–Crippen LogP) is 6.33. The monoisotopic (exact) mass is 604 g/mol. The van der Waals surface area contributed by atoms with Gasteiger partial charge in [-0.05, 0) is 91.2 Å². The number of carbonyl (C=O) groups is 2. The fourth-order valence-corrected chi connectivity index (χ4v) is 7.17. The van der Waals surface area contributed by atoms with Crippen LogP contribution in [0.5, 0.6) is 0 Å². The molecule has 0 aliphatic carbocycles. The lowest BCUT2D eigenvalue weighted by Gasteiger charge is -2.32. The van der Waals surface area contributed by atoms with Crippen LogP contribution in [-0.4, -0.2) is 48.6 Å². The van der Waals surface area contributed by atoms with Gasteiger partial charge in [0.05, 0.1) is 23.8 Å². The van der Waals surface area contributed by atoms with E-state index in [-0.39, 0.29) is 24.3 Å². The molecular formula is C33H34ClFN4O2S. The van der Waals surface area contributed by atoms with Gasteiger partial charge in [0.25, 0.3) is 5.91 Å². The highest BCUT2D eigenvalue weighted by molar-refractivity contribution is 8.02. The molecule has 3 aliphatic heterocycles. The van der Waals surface area contributed by atoms with Crippen molar-refractivity contribution in [1.82, 2.24) is 10.2 Å². The molecule has 2 amide bonds. The van der Waals surface area contributed by atoms with E-state index in [1.165, 1.54) is 23.8 Å². The van der Waals surface area contributed by atoms with Crippen LogP contribution in [0.4, 0.5) is 15.8 Å². The van der Waals surface area contributed by atoms with E-state index >= 15 is 0 Å². The highest BCUT2D eigenvalue weighted by atomic mass is 35.5. The number of likely N-dealkylation sites (tertiary alicyclic amines) is 1. The molecule has 1 unspecified atom stereocenters. The van der Waals surface area contributed by atoms with Gasteiger partial charge in [-0.15, -0.1) is 11.8 Å². The number of nitrogens with zero attached hydrogens (tertiary/aromatic N) is 2. The molecule has 42 heavy (non-hydrogen) atoms. The lowest BCUT2D eigenvalue weighted by Crippen LogP contribution is -2.40. The maximum atomic E-state index is 14.1. The minimum absolute atomic E-state index is 0.101. The number of rotatable bonds is 8. The topological polar surface area (TPSA) is 64.7 Å². The zero-order valence-corrected chi connectivity index (χ0v) is 24.9. The summed E-state index contributed by atoms with van der Waals surface area (Å²) in [6.07, 6.45) is 3.45. The minimum atomic E-state index is -0.416. The van der Waals surface area contributed by atoms with Crippen LogP contribution in [0.25, 0.3) is 0 Å². The van der Waals surface area contributed by atoms with Gasteiger partial charge in [-0.1, -0.05) is 41.9 Å². The zero-order chi connectivity index (χ0) is 29.1. The maximum absolute atomic E-state index is 14.1. The third kappa shape index (κ3) is 6.51. The van der Waals surface area contributed by atoms with Crippen LogP contribution in [-0.2, 0) is 17.8 Å². The maximum Gasteiger partial charge on any atom is 0.251 e. The largest absolute Gasteiger partial charge is 0.356 e. The van der Waals surface area contributed by atoms with Crippen LogP contribution >= 0.6 is 23.4 Å². The van der Waals surface area contributed by atoms with Crippen molar-refractivity contribution in [3.63, 3.8) is 0 Å². The molecule has 1 fully saturated rings. The molecule has 3 aromatic carbocycles. The number of carbonyl (C=O) groups excluding carboxylic acids is 2. The number of piperidine rings is 1. The summed E-state index contributed by atoms with van der Waals surface area (Å²) >= 11 is 7.97. The van der Waals surface area contributed by atoms with Crippen molar-refractivity contribution in [3.8, 4) is 0 Å². The lowest BCUT2D eigenvalue weighted by atomic mass is 9.90. The van der Waals surface area contributed by atoms with E-state index in [9.17, 15) is 14.0 Å². The number of anilines is 2. The van der Waals surface area contributed by atoms with Gasteiger partial charge in [0.1, 0.15) is 5.82 Å². The number of nitrogens with one attached hydrogen (secondary N) is 2. The molecule has 0 radical (unpaired) electrons. The molecule has 0 aromatic heterocycles. The Morgan fingerprint density at radius 1 is 1.07 bits per heavy atom. The number of hydrogen-bond donors (Lipinski definition) is 2. The molecule has 6 nitrogen and oxygen atoms in total. The van der Waals surface area contributed by atoms with E-state index in [0.717, 1.165) is 50.3 Å². The first-order valence-corrected chi connectivity index (χ1v) is 15.9. The molecule has 1 atom stereocenters. The van der Waals surface area contributed by atoms with Gasteiger partial charge in [0.15, 0.2) is 0 Å². The fourth-order valence-electron chi connectivity index (χ4n) is 5.98. The Hall–Kier alpha value is -3.33. The van der Waals surface area contributed by atoms with Crippen molar-refractivity contribution in [1.29, 1.82) is 0 Å². The van der Waals surface area contributed by atoms with Crippen molar-refractivity contribution in [2.24, 2.45) is 11.8 Å². The van der Waals surface area contributed by atoms with E-state index in [1.807, 2.05) is 11.5 Å². The Bertz CT molecular complexity index is 1490. The Kier molecular flexibility index (Phi) is 8.84. The average Bonchev–Trinajstić information content (AvgIpc) is 3.43. The summed E-state index contributed by atoms with van der Waals surface area (Å²) in [5, 5.41) is 8.81. The second-order valence-electron chi connectivity index (χ2n) is 11.2. The number of hydrogen-bond acceptors (Lipinski definition) is 5. The van der Waals surface area contributed by atoms with Gasteiger partial charge in [-0.3, -0.25) is 9.59 Å². The number of halogens is 2. The van der Waals surface area contributed by atoms with Crippen molar-refractivity contribution in [2.75, 3.05) is 42.1 Å². The second-order valence-corrected chi connectivity index (χ2v) is 12.5. The SMILES string of the molecule is O=C(NCCN1CCC(Cc2ccccc2)CC1)c1ccc2c(c1)N(Cc1cc(F)ccc1Cl)C(=O)C1CSC=C1N2. The number of fused-ring (bicyclic) bond motifs is 2. The Labute approximate surface area is 255 Å². The van der Waals surface area contributed by atoms with Gasteiger partial charge in [-0.2, -0.15) is 0 Å². The molecule has 1 saturated heterocycles. The molecule has 2 N–H and O–H groups in total. The predicted molar refractivity (Wildman–Crippen MR) is 168 cm³/mol. The summed E-state index contributed by atoms with van der Waals surface area (Å²) in [5.74, 6) is 0.273. The summed E-state index contributed by atoms with van der Waals surface area (Å²) in [6, 6.07) is 20.2. The van der Waals surface area contributed by atoms with Gasteiger partial charge in [-0.25, -0.2) is 4.39 Å². The van der Waals surface area contributed by atoms with Crippen LogP contribution in [0.15, 0.2) is 77.8 Å². The molecule has 0 bridgehead atoms. The number of amides is 2. The molecular weight excluding hydrogens is 571 g/mol. The van der Waals surface area contributed by atoms with Crippen LogP contribution in [0.3, 0.4) is 0 Å². The van der Waals surface area contributed by atoms with Gasteiger partial charge >= 0.3 is 0 Å². The quantitative estimate of drug-likeness (QED) is 0.315. The van der Waals surface area contributed by atoms with E-state index < -0.39 is 5.82 Å². The zero-order valence-electron chi connectivity index (χ0n) is 23.3. The van der Waals surface area contributed by atoms with Crippen molar-refractivity contribution in [3.05, 3.63) is 105 Å². The Balaban J connectivity index is 1.11. The van der Waals surface area contributed by atoms with E-state index in [4.69, 9.17) is 11.6 Å². The fraction of sp³-hybridized carbons (Fsp3) is 0.333. The summed E-state index contributed by atoms with van der Waals surface area (Å²) in [4.78, 5) is 31.0. The normalized spacial score (nSPS) is 19.0. The number of thioether (sulfide) groups is 1. The number of benzene rings is 3. The third-order valence-corrected chi connectivity index (χ3v) is 9.68. The smallest absolute Gasteiger partial charge is 0.251 e. The highest BCUT2D eigenvalue weighted by Crippen LogP contribution is 2.40. The van der Waals surface area contributed by atoms with Gasteiger partial charge in [0, 0.05) is 35.1 Å². The second kappa shape index (κ2) is 12.9. The van der Waals surface area contributed by atoms with E-state index in [0.29, 0.717) is 40.1 Å². The average molecular weight is 605 g/mol. The van der Waals surface area contributed by atoms with E-state index in [2.05, 4.69) is 45.9 Å². The lowest BCUT2D eigenvalue weighted by molar-refractivity contribution is -0.120. The van der Waals surface area contributed by atoms with Crippen LogP contribution in [0, 0.1) is 17.7 Å². The molecule has 6 rings (SSSR count). The first kappa shape index (κ1) is 28.8. The van der Waals surface area contributed by atoms with Crippen LogP contribution in [0.2, 0.25) is 5.02 Å². The Morgan fingerprint density at radius 2 is 1.88 bits per heavy atom. The molecule has 3 aliphatic rings. The molecule has 0 saturated carbocycles. The molecule has 218 valence electrons. The third-order valence-electron chi connectivity index (χ3n) is 8.37. The first-order valence-electron chi connectivity index (χ1n) is 14.5. The molecule has 9 heteroatoms. The standard InChI is InChI=1S/C33H34ClFN4O2S/c34-28-8-7-26(35)17-25(28)19-39-31-18-24(6-9-29(31)37-30-21-42-20-27(30)33(39)41)32(40)36-12-15-38-13-10-23(11-14-38)16-22-4-2-1-3-5-22/h1-9,17-18,21,23,27,37H,10-16,19-20H2,(H,36,40). The highest BCUT2D eigenvalue weighted by Gasteiger charge is 2.36. The summed E-state index contributed by atoms with van der Waals surface area (Å²) in [5.41, 5.74) is 4.52. The molecule has 3 aromatic rings. The summed E-state index contributed by atoms with van der Waals surface area (Å²) in [6.45, 7) is 3.52. The van der Waals surface area contributed by atoms with Crippen molar-refractivity contribution < 1.29 is 14.0 Å². The first-order chi connectivity index (χ1) is 20.4. The van der Waals surface area contributed by atoms with E-state index in [1.54, 1.807) is 28.8 Å².